The molecule has 4 aliphatic heterocycles. The van der Waals surface area contributed by atoms with Crippen molar-refractivity contribution in [2.45, 2.75) is 111 Å². The molecule has 0 atom stereocenters. The van der Waals surface area contributed by atoms with Crippen LogP contribution in [0, 0.1) is 23.7 Å². The van der Waals surface area contributed by atoms with E-state index in [1.54, 1.807) is 0 Å². The summed E-state index contributed by atoms with van der Waals surface area (Å²) in [6, 6.07) is 16.1. The number of carbonyl (C=O) groups excluding carboxylic acids is 3. The van der Waals surface area contributed by atoms with Crippen molar-refractivity contribution in [1.82, 2.24) is 9.80 Å². The fraction of sp³-hybridized carbons (Fsp3) is 0.659. The second-order valence-corrected chi connectivity index (χ2v) is 17.8. The molecule has 2 aromatic rings. The normalized spacial score (nSPS) is 19.9. The van der Waals surface area contributed by atoms with Crippen molar-refractivity contribution < 1.29 is 29.0 Å². The number of aliphatic hydroxyl groups excluding tert-OH is 1. The van der Waals surface area contributed by atoms with Crippen molar-refractivity contribution >= 4 is 29.8 Å². The lowest BCUT2D eigenvalue weighted by atomic mass is 9.79. The summed E-state index contributed by atoms with van der Waals surface area (Å²) in [7, 11) is 0. The molecule has 4 fully saturated rings. The highest BCUT2D eigenvalue weighted by molar-refractivity contribution is 5.75. The molecule has 0 saturated carbocycles. The molecule has 0 radical (unpaired) electrons. The van der Waals surface area contributed by atoms with Gasteiger partial charge in [0.15, 0.2) is 0 Å². The molecule has 2 aromatic carbocycles. The summed E-state index contributed by atoms with van der Waals surface area (Å²) in [5.74, 6) is 2.95. The first-order valence-electron chi connectivity index (χ1n) is 20.4. The second kappa shape index (κ2) is 18.7. The maximum absolute atomic E-state index is 12.2. The van der Waals surface area contributed by atoms with Crippen LogP contribution in [0.1, 0.15) is 109 Å². The number of aldehydes is 1. The first-order valence-corrected chi connectivity index (χ1v) is 20.4. The highest BCUT2D eigenvalue weighted by atomic mass is 16.6. The molecule has 0 aromatic heterocycles. The summed E-state index contributed by atoms with van der Waals surface area (Å²) in [6.45, 7) is 19.2. The number of rotatable bonds is 6. The Labute approximate surface area is 324 Å². The summed E-state index contributed by atoms with van der Waals surface area (Å²) >= 11 is 0. The van der Waals surface area contributed by atoms with E-state index in [0.29, 0.717) is 5.92 Å². The highest BCUT2D eigenvalue weighted by Crippen LogP contribution is 2.36. The number of nitrogens with zero attached hydrogens (tertiary/aromatic N) is 4. The van der Waals surface area contributed by atoms with Crippen LogP contribution >= 0.6 is 0 Å². The topological polar surface area (TPSA) is 103 Å². The van der Waals surface area contributed by atoms with Crippen LogP contribution in [0.3, 0.4) is 0 Å². The Bertz CT molecular complexity index is 1470. The smallest absolute Gasteiger partial charge is 0.410 e. The Morgan fingerprint density at radius 2 is 0.889 bits per heavy atom. The largest absolute Gasteiger partial charge is 0.444 e. The van der Waals surface area contributed by atoms with Gasteiger partial charge in [0.05, 0.1) is 6.61 Å². The summed E-state index contributed by atoms with van der Waals surface area (Å²) in [5, 5.41) is 9.18. The second-order valence-electron chi connectivity index (χ2n) is 17.8. The zero-order valence-electron chi connectivity index (χ0n) is 33.8. The molecular weight excluding hydrogens is 681 g/mol. The number of hydrogen-bond donors (Lipinski definition) is 1. The Hall–Kier alpha value is -3.79. The van der Waals surface area contributed by atoms with Crippen molar-refractivity contribution in [2.75, 3.05) is 62.2 Å². The van der Waals surface area contributed by atoms with E-state index >= 15 is 0 Å². The number of aliphatic hydroxyl groups is 1. The van der Waals surface area contributed by atoms with E-state index in [2.05, 4.69) is 21.9 Å². The van der Waals surface area contributed by atoms with Gasteiger partial charge >= 0.3 is 12.2 Å². The lowest BCUT2D eigenvalue weighted by molar-refractivity contribution is 0.0142. The van der Waals surface area contributed by atoms with Gasteiger partial charge in [-0.15, -0.1) is 0 Å². The Morgan fingerprint density at radius 3 is 1.19 bits per heavy atom. The fourth-order valence-corrected chi connectivity index (χ4v) is 8.59. The minimum atomic E-state index is -0.426. The zero-order valence-corrected chi connectivity index (χ0v) is 33.8. The molecule has 4 saturated heterocycles. The van der Waals surface area contributed by atoms with Crippen LogP contribution in [-0.4, -0.2) is 96.9 Å². The molecule has 4 heterocycles. The number of amides is 2. The number of benzene rings is 2. The van der Waals surface area contributed by atoms with Gasteiger partial charge in [0.1, 0.15) is 17.5 Å². The Morgan fingerprint density at radius 1 is 0.574 bits per heavy atom. The van der Waals surface area contributed by atoms with Gasteiger partial charge in [-0.05, 0) is 159 Å². The van der Waals surface area contributed by atoms with Crippen molar-refractivity contribution in [2.24, 2.45) is 23.7 Å². The van der Waals surface area contributed by atoms with E-state index in [9.17, 15) is 19.5 Å². The third-order valence-corrected chi connectivity index (χ3v) is 11.7. The van der Waals surface area contributed by atoms with Gasteiger partial charge in [-0.2, -0.15) is 0 Å². The summed E-state index contributed by atoms with van der Waals surface area (Å²) < 4.78 is 11.0. The molecular formula is C44H66N4O6. The third kappa shape index (κ3) is 12.1. The van der Waals surface area contributed by atoms with Crippen LogP contribution in [0.2, 0.25) is 0 Å². The quantitative estimate of drug-likeness (QED) is 0.294. The maximum Gasteiger partial charge on any atom is 0.410 e. The summed E-state index contributed by atoms with van der Waals surface area (Å²) in [4.78, 5) is 43.9. The lowest BCUT2D eigenvalue weighted by Gasteiger charge is -2.41. The predicted octanol–water partition coefficient (Wildman–Crippen LogP) is 8.41. The molecule has 0 spiro atoms. The highest BCUT2D eigenvalue weighted by Gasteiger charge is 2.34. The van der Waals surface area contributed by atoms with Crippen molar-refractivity contribution in [1.29, 1.82) is 0 Å². The molecule has 298 valence electrons. The van der Waals surface area contributed by atoms with E-state index in [4.69, 9.17) is 9.47 Å². The molecule has 10 nitrogen and oxygen atoms in total. The first kappa shape index (κ1) is 41.4. The van der Waals surface area contributed by atoms with Crippen molar-refractivity contribution in [3.8, 4) is 0 Å². The van der Waals surface area contributed by atoms with Crippen LogP contribution in [0.25, 0.3) is 0 Å². The number of piperidine rings is 4. The molecule has 4 aliphatic rings. The summed E-state index contributed by atoms with van der Waals surface area (Å²) in [5.41, 5.74) is 3.31. The monoisotopic (exact) mass is 746 g/mol. The summed E-state index contributed by atoms with van der Waals surface area (Å²) in [6.07, 6.45) is 9.74. The SMILES string of the molecule is CC(C)(C)OC(=O)N1CCC(C2CCN(c3ccc(C=O)cc3)CC2)CC1.CC(C)(C)OC(=O)N1CCC(C2CCN(c3ccc(CO)cc3)CC2)CC1. The van der Waals surface area contributed by atoms with Crippen LogP contribution in [0.4, 0.5) is 21.0 Å². The minimum absolute atomic E-state index is 0.102. The van der Waals surface area contributed by atoms with E-state index < -0.39 is 11.2 Å². The number of likely N-dealkylation sites (tertiary alicyclic amines) is 2. The van der Waals surface area contributed by atoms with Crippen LogP contribution < -0.4 is 9.80 Å². The number of hydrogen-bond acceptors (Lipinski definition) is 8. The van der Waals surface area contributed by atoms with Crippen molar-refractivity contribution in [3.63, 3.8) is 0 Å². The lowest BCUT2D eigenvalue weighted by Crippen LogP contribution is -2.44. The molecule has 10 heteroatoms. The molecule has 54 heavy (non-hydrogen) atoms. The average Bonchev–Trinajstić information content (AvgIpc) is 3.17. The standard InChI is InChI=1S/C22H34N2O3.C22H32N2O3/c2*1-22(2,3)27-21(26)24-14-10-19(11-15-24)18-8-12-23(13-9-18)20-6-4-17(16-25)5-7-20/h4-7,18-19,25H,8-16H2,1-3H3;4-7,16,18-19H,8-15H2,1-3H3. The third-order valence-electron chi connectivity index (χ3n) is 11.7. The Kier molecular flexibility index (Phi) is 14.3. The minimum Gasteiger partial charge on any atom is -0.444 e. The van der Waals surface area contributed by atoms with E-state index in [1.807, 2.05) is 87.7 Å². The fourth-order valence-electron chi connectivity index (χ4n) is 8.59. The van der Waals surface area contributed by atoms with Crippen LogP contribution in [0.5, 0.6) is 0 Å². The van der Waals surface area contributed by atoms with Crippen LogP contribution in [-0.2, 0) is 16.1 Å². The van der Waals surface area contributed by atoms with Gasteiger partial charge < -0.3 is 34.2 Å². The maximum atomic E-state index is 12.2. The van der Waals surface area contributed by atoms with Crippen LogP contribution in [0.15, 0.2) is 48.5 Å². The van der Waals surface area contributed by atoms with E-state index in [1.165, 1.54) is 37.1 Å². The molecule has 1 N–H and O–H groups in total. The van der Waals surface area contributed by atoms with Gasteiger partial charge in [0, 0.05) is 69.3 Å². The zero-order chi connectivity index (χ0) is 38.9. The Balaban J connectivity index is 0.000000208. The van der Waals surface area contributed by atoms with E-state index in [0.717, 1.165) is 113 Å². The predicted molar refractivity (Wildman–Crippen MR) is 215 cm³/mol. The molecule has 2 amide bonds. The molecule has 0 unspecified atom stereocenters. The molecule has 0 aliphatic carbocycles. The molecule has 0 bridgehead atoms. The van der Waals surface area contributed by atoms with Gasteiger partial charge in [0.2, 0.25) is 0 Å². The van der Waals surface area contributed by atoms with Crippen molar-refractivity contribution in [3.05, 3.63) is 59.7 Å². The first-order chi connectivity index (χ1) is 25.7. The number of ether oxygens (including phenoxy) is 2. The average molecular weight is 747 g/mol. The van der Waals surface area contributed by atoms with Gasteiger partial charge in [-0.1, -0.05) is 12.1 Å². The van der Waals surface area contributed by atoms with E-state index in [-0.39, 0.29) is 18.8 Å². The number of anilines is 2. The number of carbonyl (C=O) groups is 3. The van der Waals surface area contributed by atoms with Gasteiger partial charge in [-0.3, -0.25) is 4.79 Å². The van der Waals surface area contributed by atoms with Gasteiger partial charge in [-0.25, -0.2) is 9.59 Å². The van der Waals surface area contributed by atoms with Gasteiger partial charge in [0.25, 0.3) is 0 Å². The molecule has 6 rings (SSSR count).